The highest BCUT2D eigenvalue weighted by atomic mass is 32.2. The van der Waals surface area contributed by atoms with Crippen molar-refractivity contribution in [1.82, 2.24) is 14.9 Å². The van der Waals surface area contributed by atoms with Crippen molar-refractivity contribution in [3.8, 4) is 0 Å². The second-order valence-corrected chi connectivity index (χ2v) is 7.74. The molecular formula is C11H17N3O5S. The van der Waals surface area contributed by atoms with Gasteiger partial charge < -0.3 is 0 Å². The largest absolute Gasteiger partial charge is 0.330 e. The fourth-order valence-corrected chi connectivity index (χ4v) is 3.44. The summed E-state index contributed by atoms with van der Waals surface area (Å²) in [5, 5.41) is 2.15. The zero-order valence-electron chi connectivity index (χ0n) is 11.5. The predicted molar refractivity (Wildman–Crippen MR) is 69.0 cm³/mol. The van der Waals surface area contributed by atoms with Gasteiger partial charge in [0.1, 0.15) is 5.41 Å². The average molecular weight is 303 g/mol. The first-order valence-corrected chi connectivity index (χ1v) is 8.02. The van der Waals surface area contributed by atoms with E-state index in [-0.39, 0.29) is 6.54 Å². The maximum Gasteiger partial charge on any atom is 0.330 e. The highest BCUT2D eigenvalue weighted by Crippen LogP contribution is 2.49. The molecule has 0 aromatic carbocycles. The summed E-state index contributed by atoms with van der Waals surface area (Å²) >= 11 is 0. The molecule has 0 bridgehead atoms. The number of urea groups is 1. The lowest BCUT2D eigenvalue weighted by molar-refractivity contribution is -0.145. The van der Waals surface area contributed by atoms with Crippen LogP contribution in [0.15, 0.2) is 0 Å². The van der Waals surface area contributed by atoms with Crippen LogP contribution >= 0.6 is 0 Å². The van der Waals surface area contributed by atoms with Crippen LogP contribution in [0.2, 0.25) is 0 Å². The van der Waals surface area contributed by atoms with Crippen LogP contribution < -0.4 is 10.0 Å². The average Bonchev–Trinajstić information content (AvgIpc) is 3.00. The number of hydrogen-bond acceptors (Lipinski definition) is 5. The molecule has 2 fully saturated rings. The van der Waals surface area contributed by atoms with E-state index in [0.29, 0.717) is 12.8 Å². The SMILES string of the molecule is CC(C)(CN1C(=O)NC(=O)C2(CC2)C1=O)NS(C)(=O)=O. The summed E-state index contributed by atoms with van der Waals surface area (Å²) in [5.74, 6) is -1.10. The van der Waals surface area contributed by atoms with Crippen molar-refractivity contribution in [3.63, 3.8) is 0 Å². The van der Waals surface area contributed by atoms with Crippen molar-refractivity contribution < 1.29 is 22.8 Å². The third-order valence-electron chi connectivity index (χ3n) is 3.32. The minimum atomic E-state index is -3.48. The third kappa shape index (κ3) is 2.68. The van der Waals surface area contributed by atoms with Crippen LogP contribution in [0.5, 0.6) is 0 Å². The van der Waals surface area contributed by atoms with Gasteiger partial charge in [-0.2, -0.15) is 0 Å². The highest BCUT2D eigenvalue weighted by molar-refractivity contribution is 7.88. The zero-order chi connectivity index (χ0) is 15.3. The summed E-state index contributed by atoms with van der Waals surface area (Å²) in [5.41, 5.74) is -2.13. The minimum absolute atomic E-state index is 0.139. The second-order valence-electron chi connectivity index (χ2n) is 5.99. The zero-order valence-corrected chi connectivity index (χ0v) is 12.3. The first-order valence-electron chi connectivity index (χ1n) is 6.13. The van der Waals surface area contributed by atoms with Gasteiger partial charge in [0.15, 0.2) is 0 Å². The van der Waals surface area contributed by atoms with E-state index in [1.54, 1.807) is 13.8 Å². The Morgan fingerprint density at radius 1 is 1.30 bits per heavy atom. The van der Waals surface area contributed by atoms with Gasteiger partial charge in [-0.05, 0) is 26.7 Å². The Kier molecular flexibility index (Phi) is 3.17. The topological polar surface area (TPSA) is 113 Å². The van der Waals surface area contributed by atoms with Crippen molar-refractivity contribution in [3.05, 3.63) is 0 Å². The number of rotatable bonds is 4. The van der Waals surface area contributed by atoms with Crippen LogP contribution in [-0.2, 0) is 19.6 Å². The molecule has 0 aromatic rings. The number of barbiturate groups is 1. The Balaban J connectivity index is 2.18. The van der Waals surface area contributed by atoms with Gasteiger partial charge in [0.25, 0.3) is 0 Å². The maximum absolute atomic E-state index is 12.2. The van der Waals surface area contributed by atoms with E-state index < -0.39 is 38.8 Å². The van der Waals surface area contributed by atoms with E-state index in [9.17, 15) is 22.8 Å². The van der Waals surface area contributed by atoms with Crippen molar-refractivity contribution >= 4 is 27.9 Å². The highest BCUT2D eigenvalue weighted by Gasteiger charge is 2.62. The quantitative estimate of drug-likeness (QED) is 0.658. The summed E-state index contributed by atoms with van der Waals surface area (Å²) in [4.78, 5) is 36.6. The number of imide groups is 2. The van der Waals surface area contributed by atoms with E-state index in [4.69, 9.17) is 0 Å². The van der Waals surface area contributed by atoms with Crippen LogP contribution in [0.1, 0.15) is 26.7 Å². The van der Waals surface area contributed by atoms with Gasteiger partial charge in [0.05, 0.1) is 6.26 Å². The summed E-state index contributed by atoms with van der Waals surface area (Å²) in [6, 6.07) is -0.805. The second kappa shape index (κ2) is 4.26. The van der Waals surface area contributed by atoms with Gasteiger partial charge in [-0.15, -0.1) is 0 Å². The summed E-state index contributed by atoms with van der Waals surface area (Å²) in [6.07, 6.45) is 1.83. The molecule has 0 unspecified atom stereocenters. The van der Waals surface area contributed by atoms with Crippen LogP contribution in [0.4, 0.5) is 4.79 Å². The van der Waals surface area contributed by atoms with Crippen molar-refractivity contribution in [2.24, 2.45) is 5.41 Å². The van der Waals surface area contributed by atoms with Gasteiger partial charge in [0.2, 0.25) is 21.8 Å². The van der Waals surface area contributed by atoms with E-state index in [0.717, 1.165) is 11.2 Å². The molecule has 1 aliphatic carbocycles. The monoisotopic (exact) mass is 303 g/mol. The molecule has 2 rings (SSSR count). The van der Waals surface area contributed by atoms with Crippen LogP contribution in [0, 0.1) is 5.41 Å². The fourth-order valence-electron chi connectivity index (χ4n) is 2.37. The minimum Gasteiger partial charge on any atom is -0.277 e. The molecule has 112 valence electrons. The molecule has 4 amide bonds. The van der Waals surface area contributed by atoms with E-state index in [1.165, 1.54) is 0 Å². The van der Waals surface area contributed by atoms with Crippen LogP contribution in [0.3, 0.4) is 0 Å². The summed E-state index contributed by atoms with van der Waals surface area (Å²) in [7, 11) is -3.48. The first kappa shape index (κ1) is 14.9. The molecule has 9 heteroatoms. The number of sulfonamides is 1. The molecule has 0 radical (unpaired) electrons. The van der Waals surface area contributed by atoms with E-state index in [2.05, 4.69) is 10.0 Å². The number of carbonyl (C=O) groups is 3. The number of amides is 4. The van der Waals surface area contributed by atoms with Crippen molar-refractivity contribution in [1.29, 1.82) is 0 Å². The van der Waals surface area contributed by atoms with Gasteiger partial charge in [-0.25, -0.2) is 17.9 Å². The number of hydrogen-bond donors (Lipinski definition) is 2. The van der Waals surface area contributed by atoms with E-state index in [1.807, 2.05) is 0 Å². The molecule has 1 saturated heterocycles. The van der Waals surface area contributed by atoms with Crippen LogP contribution in [-0.4, -0.2) is 49.5 Å². The Morgan fingerprint density at radius 2 is 1.85 bits per heavy atom. The van der Waals surface area contributed by atoms with E-state index >= 15 is 0 Å². The fraction of sp³-hybridized carbons (Fsp3) is 0.727. The lowest BCUT2D eigenvalue weighted by Gasteiger charge is -2.36. The maximum atomic E-state index is 12.2. The molecule has 8 nitrogen and oxygen atoms in total. The first-order chi connectivity index (χ1) is 8.97. The van der Waals surface area contributed by atoms with Gasteiger partial charge in [-0.1, -0.05) is 0 Å². The van der Waals surface area contributed by atoms with Crippen molar-refractivity contribution in [2.45, 2.75) is 32.2 Å². The summed E-state index contributed by atoms with van der Waals surface area (Å²) in [6.45, 7) is 2.98. The summed E-state index contributed by atoms with van der Waals surface area (Å²) < 4.78 is 24.9. The molecule has 0 aromatic heterocycles. The Hall–Kier alpha value is -1.48. The molecular weight excluding hydrogens is 286 g/mol. The Labute approximate surface area is 116 Å². The van der Waals surface area contributed by atoms with Gasteiger partial charge >= 0.3 is 6.03 Å². The third-order valence-corrected chi connectivity index (χ3v) is 4.24. The smallest absolute Gasteiger partial charge is 0.277 e. The number of nitrogens with zero attached hydrogens (tertiary/aromatic N) is 1. The van der Waals surface area contributed by atoms with Crippen molar-refractivity contribution in [2.75, 3.05) is 12.8 Å². The Morgan fingerprint density at radius 3 is 2.30 bits per heavy atom. The molecule has 1 aliphatic heterocycles. The normalized spacial score (nSPS) is 22.1. The molecule has 2 aliphatic rings. The van der Waals surface area contributed by atoms with Gasteiger partial charge in [-0.3, -0.25) is 19.8 Å². The number of carbonyl (C=O) groups excluding carboxylic acids is 3. The Bertz CT molecular complexity index is 591. The lowest BCUT2D eigenvalue weighted by atomic mass is 9.99. The lowest BCUT2D eigenvalue weighted by Crippen LogP contribution is -2.63. The number of nitrogens with one attached hydrogen (secondary N) is 2. The standard InChI is InChI=1S/C11H17N3O5S/c1-10(2,13-20(3,18)19)6-14-8(16)11(4-5-11)7(15)12-9(14)17/h13H,4-6H2,1-3H3,(H,12,15,17). The molecule has 1 heterocycles. The molecule has 20 heavy (non-hydrogen) atoms. The molecule has 0 atom stereocenters. The molecule has 1 spiro atoms. The molecule has 1 saturated carbocycles. The van der Waals surface area contributed by atoms with Gasteiger partial charge in [0, 0.05) is 12.1 Å². The predicted octanol–water partition coefficient (Wildman–Crippen LogP) is -0.827. The molecule has 2 N–H and O–H groups in total. The van der Waals surface area contributed by atoms with Crippen LogP contribution in [0.25, 0.3) is 0 Å².